The Morgan fingerprint density at radius 1 is 0.375 bits per heavy atom. The molecule has 0 atom stereocenters. The van der Waals surface area contributed by atoms with E-state index < -0.39 is 5.41 Å². The first-order valence-electron chi connectivity index (χ1n) is 17.4. The fraction of sp³-hybridized carbons (Fsp3) is 0.125. The Morgan fingerprint density at radius 3 is 1.38 bits per heavy atom. The first-order chi connectivity index (χ1) is 23.7. The highest BCUT2D eigenvalue weighted by atomic mass is 14.5. The van der Waals surface area contributed by atoms with Crippen molar-refractivity contribution >= 4 is 0 Å². The highest BCUT2D eigenvalue weighted by Crippen LogP contribution is 2.66. The molecule has 2 aliphatic rings. The van der Waals surface area contributed by atoms with Gasteiger partial charge in [-0.3, -0.25) is 0 Å². The van der Waals surface area contributed by atoms with Gasteiger partial charge in [0, 0.05) is 0 Å². The van der Waals surface area contributed by atoms with Gasteiger partial charge in [-0.05, 0) is 109 Å². The number of hydrogen-bond donors (Lipinski definition) is 0. The molecule has 0 heterocycles. The molecule has 0 fully saturated rings. The number of rotatable bonds is 5. The van der Waals surface area contributed by atoms with E-state index in [1.54, 1.807) is 0 Å². The van der Waals surface area contributed by atoms with Crippen LogP contribution in [0, 0.1) is 6.92 Å². The van der Waals surface area contributed by atoms with Crippen molar-refractivity contribution in [2.24, 2.45) is 0 Å². The maximum atomic E-state index is 2.41. The van der Waals surface area contributed by atoms with Crippen molar-refractivity contribution in [3.8, 4) is 55.6 Å². The molecule has 0 amide bonds. The van der Waals surface area contributed by atoms with Gasteiger partial charge in [-0.15, -0.1) is 0 Å². The van der Waals surface area contributed by atoms with E-state index in [2.05, 4.69) is 172 Å². The van der Waals surface area contributed by atoms with Gasteiger partial charge in [0.2, 0.25) is 0 Å². The van der Waals surface area contributed by atoms with Crippen LogP contribution in [0.1, 0.15) is 52.8 Å². The number of aryl methyl sites for hydroxylation is 1. The average molecular weight is 615 g/mol. The third kappa shape index (κ3) is 3.90. The van der Waals surface area contributed by atoms with Crippen LogP contribution < -0.4 is 0 Å². The molecule has 48 heavy (non-hydrogen) atoms. The van der Waals surface area contributed by atoms with Gasteiger partial charge in [0.15, 0.2) is 0 Å². The molecule has 0 radical (unpaired) electrons. The lowest BCUT2D eigenvalue weighted by molar-refractivity contribution is 0.793. The maximum Gasteiger partial charge on any atom is 0.0731 e. The Morgan fingerprint density at radius 2 is 0.792 bits per heavy atom. The molecule has 0 saturated heterocycles. The van der Waals surface area contributed by atoms with Crippen molar-refractivity contribution in [2.75, 3.05) is 0 Å². The maximum absolute atomic E-state index is 2.41. The van der Waals surface area contributed by atoms with Crippen LogP contribution in [-0.4, -0.2) is 0 Å². The summed E-state index contributed by atoms with van der Waals surface area (Å²) in [6.45, 7) is 6.89. The Kier molecular flexibility index (Phi) is 6.63. The molecule has 230 valence electrons. The SMILES string of the molecule is CCc1c(CC)c(-c2ccc(C)cc2)c2c(c1-c1ccc(-c3ccccc3)cc1)-c1ccccc1C21c2ccccc2-c2ccccc21. The van der Waals surface area contributed by atoms with Crippen molar-refractivity contribution in [1.29, 1.82) is 0 Å². The van der Waals surface area contributed by atoms with Crippen molar-refractivity contribution in [3.05, 3.63) is 191 Å². The van der Waals surface area contributed by atoms with E-state index >= 15 is 0 Å². The zero-order valence-corrected chi connectivity index (χ0v) is 27.8. The van der Waals surface area contributed by atoms with E-state index in [0.29, 0.717) is 0 Å². The lowest BCUT2D eigenvalue weighted by atomic mass is 9.66. The van der Waals surface area contributed by atoms with Crippen LogP contribution in [0.25, 0.3) is 55.6 Å². The fourth-order valence-electron chi connectivity index (χ4n) is 9.05. The molecule has 0 nitrogen and oxygen atoms in total. The summed E-state index contributed by atoms with van der Waals surface area (Å²) in [7, 11) is 0. The summed E-state index contributed by atoms with van der Waals surface area (Å²) >= 11 is 0. The van der Waals surface area contributed by atoms with Crippen LogP contribution >= 0.6 is 0 Å². The third-order valence-electron chi connectivity index (χ3n) is 11.0. The predicted molar refractivity (Wildman–Crippen MR) is 203 cm³/mol. The molecule has 0 heteroatoms. The molecule has 0 N–H and O–H groups in total. The second-order valence-electron chi connectivity index (χ2n) is 13.4. The molecule has 1 spiro atoms. The summed E-state index contributed by atoms with van der Waals surface area (Å²) in [4.78, 5) is 0. The van der Waals surface area contributed by atoms with Crippen molar-refractivity contribution in [2.45, 2.75) is 39.0 Å². The Balaban J connectivity index is 1.48. The third-order valence-corrected chi connectivity index (χ3v) is 11.0. The summed E-state index contributed by atoms with van der Waals surface area (Å²) in [5.74, 6) is 0. The first kappa shape index (κ1) is 28.7. The van der Waals surface area contributed by atoms with Gasteiger partial charge < -0.3 is 0 Å². The van der Waals surface area contributed by atoms with Crippen LogP contribution in [0.5, 0.6) is 0 Å². The number of benzene rings is 7. The summed E-state index contributed by atoms with van der Waals surface area (Å²) in [5, 5.41) is 0. The van der Waals surface area contributed by atoms with Gasteiger partial charge in [0.25, 0.3) is 0 Å². The Bertz CT molecular complexity index is 2290. The topological polar surface area (TPSA) is 0 Å². The molecular formula is C48H38. The first-order valence-corrected chi connectivity index (χ1v) is 17.4. The molecular weight excluding hydrogens is 577 g/mol. The second-order valence-corrected chi connectivity index (χ2v) is 13.4. The molecule has 0 aliphatic heterocycles. The van der Waals surface area contributed by atoms with E-state index in [1.807, 2.05) is 0 Å². The Hall–Kier alpha value is -5.46. The van der Waals surface area contributed by atoms with E-state index in [-0.39, 0.29) is 0 Å². The molecule has 7 aromatic rings. The van der Waals surface area contributed by atoms with Gasteiger partial charge >= 0.3 is 0 Å². The highest BCUT2D eigenvalue weighted by molar-refractivity contribution is 6.05. The minimum absolute atomic E-state index is 0.422. The summed E-state index contributed by atoms with van der Waals surface area (Å²) in [5.41, 5.74) is 22.8. The minimum Gasteiger partial charge on any atom is -0.0622 e. The van der Waals surface area contributed by atoms with Crippen LogP contribution in [0.3, 0.4) is 0 Å². The molecule has 0 unspecified atom stereocenters. The summed E-state index contributed by atoms with van der Waals surface area (Å²) in [6.07, 6.45) is 1.93. The molecule has 0 aromatic heterocycles. The van der Waals surface area contributed by atoms with E-state index in [0.717, 1.165) is 12.8 Å². The second kappa shape index (κ2) is 11.1. The van der Waals surface area contributed by atoms with Gasteiger partial charge in [-0.25, -0.2) is 0 Å². The van der Waals surface area contributed by atoms with E-state index in [1.165, 1.54) is 94.6 Å². The number of fused-ring (bicyclic) bond motifs is 10. The van der Waals surface area contributed by atoms with Gasteiger partial charge in [0.05, 0.1) is 5.41 Å². The fourth-order valence-corrected chi connectivity index (χ4v) is 9.05. The summed E-state index contributed by atoms with van der Waals surface area (Å²) < 4.78 is 0. The molecule has 9 rings (SSSR count). The van der Waals surface area contributed by atoms with Crippen molar-refractivity contribution in [1.82, 2.24) is 0 Å². The van der Waals surface area contributed by atoms with Crippen LogP contribution in [0.4, 0.5) is 0 Å². The highest BCUT2D eigenvalue weighted by Gasteiger charge is 2.54. The summed E-state index contributed by atoms with van der Waals surface area (Å²) in [6, 6.07) is 57.0. The average Bonchev–Trinajstić information content (AvgIpc) is 3.62. The van der Waals surface area contributed by atoms with Crippen LogP contribution in [0.2, 0.25) is 0 Å². The smallest absolute Gasteiger partial charge is 0.0622 e. The van der Waals surface area contributed by atoms with Crippen molar-refractivity contribution in [3.63, 3.8) is 0 Å². The molecule has 0 saturated carbocycles. The van der Waals surface area contributed by atoms with Gasteiger partial charge in [-0.2, -0.15) is 0 Å². The standard InChI is InChI=1S/C48H38/c1-4-36-37(5-2)45(35-25-23-31(3)24-26-35)47-46(44(36)34-29-27-33(28-30-34)32-15-7-6-8-16-32)40-19-11-14-22-43(40)48(47)41-20-12-9-17-38(41)39-18-10-13-21-42(39)48/h6-30H,4-5H2,1-3H3. The van der Waals surface area contributed by atoms with E-state index in [9.17, 15) is 0 Å². The lowest BCUT2D eigenvalue weighted by Gasteiger charge is -2.34. The predicted octanol–water partition coefficient (Wildman–Crippen LogP) is 12.5. The van der Waals surface area contributed by atoms with Crippen LogP contribution in [-0.2, 0) is 18.3 Å². The Labute approximate surface area is 284 Å². The monoisotopic (exact) mass is 614 g/mol. The zero-order valence-electron chi connectivity index (χ0n) is 27.8. The minimum atomic E-state index is -0.422. The molecule has 2 aliphatic carbocycles. The normalized spacial score (nSPS) is 13.2. The largest absolute Gasteiger partial charge is 0.0731 e. The van der Waals surface area contributed by atoms with Crippen molar-refractivity contribution < 1.29 is 0 Å². The van der Waals surface area contributed by atoms with Crippen LogP contribution in [0.15, 0.2) is 152 Å². The number of hydrogen-bond acceptors (Lipinski definition) is 0. The molecule has 7 aromatic carbocycles. The van der Waals surface area contributed by atoms with Gasteiger partial charge in [0.1, 0.15) is 0 Å². The molecule has 0 bridgehead atoms. The quantitative estimate of drug-likeness (QED) is 0.181. The zero-order chi connectivity index (χ0) is 32.4. The lowest BCUT2D eigenvalue weighted by Crippen LogP contribution is -2.27. The van der Waals surface area contributed by atoms with E-state index in [4.69, 9.17) is 0 Å². The van der Waals surface area contributed by atoms with Gasteiger partial charge in [-0.1, -0.05) is 171 Å².